The molecule has 0 spiro atoms. The second-order valence-electron chi connectivity index (χ2n) is 6.84. The van der Waals surface area contributed by atoms with Gasteiger partial charge in [0, 0.05) is 16.1 Å². The predicted molar refractivity (Wildman–Crippen MR) is 112 cm³/mol. The van der Waals surface area contributed by atoms with Crippen LogP contribution in [0.15, 0.2) is 30.3 Å². The Labute approximate surface area is 182 Å². The normalized spacial score (nSPS) is 10.8. The molecule has 3 aromatic rings. The zero-order valence-corrected chi connectivity index (χ0v) is 17.7. The third kappa shape index (κ3) is 4.54. The molecule has 9 heteroatoms. The van der Waals surface area contributed by atoms with Crippen molar-refractivity contribution in [3.8, 4) is 22.4 Å². The van der Waals surface area contributed by atoms with Crippen molar-refractivity contribution in [2.75, 3.05) is 7.11 Å². The number of aryl methyl sites for hydroxylation is 2. The number of primary amides is 1. The van der Waals surface area contributed by atoms with Crippen LogP contribution in [0.1, 0.15) is 27.4 Å². The van der Waals surface area contributed by atoms with Crippen LogP contribution >= 0.6 is 11.6 Å². The number of carbonyl (C=O) groups excluding carboxylic acids is 2. The van der Waals surface area contributed by atoms with Crippen LogP contribution in [0, 0.1) is 25.5 Å². The van der Waals surface area contributed by atoms with E-state index in [9.17, 15) is 18.4 Å². The van der Waals surface area contributed by atoms with E-state index < -0.39 is 23.5 Å². The second-order valence-corrected chi connectivity index (χ2v) is 7.25. The van der Waals surface area contributed by atoms with E-state index in [-0.39, 0.29) is 39.5 Å². The predicted octanol–water partition coefficient (Wildman–Crippen LogP) is 4.17. The van der Waals surface area contributed by atoms with E-state index in [1.54, 1.807) is 19.9 Å². The molecule has 0 fully saturated rings. The average molecular weight is 446 g/mol. The summed E-state index contributed by atoms with van der Waals surface area (Å²) in [5, 5.41) is 0.0780. The van der Waals surface area contributed by atoms with Crippen molar-refractivity contribution in [1.29, 1.82) is 0 Å². The zero-order chi connectivity index (χ0) is 22.9. The number of methoxy groups -OCH3 is 1. The van der Waals surface area contributed by atoms with Crippen LogP contribution in [0.3, 0.4) is 0 Å². The van der Waals surface area contributed by atoms with Crippen LogP contribution in [-0.2, 0) is 16.0 Å². The van der Waals surface area contributed by atoms with Gasteiger partial charge in [-0.15, -0.1) is 0 Å². The number of hydrogen-bond acceptors (Lipinski definition) is 5. The third-order valence-corrected chi connectivity index (χ3v) is 4.99. The van der Waals surface area contributed by atoms with Gasteiger partial charge in [-0.05, 0) is 37.6 Å². The van der Waals surface area contributed by atoms with E-state index >= 15 is 0 Å². The van der Waals surface area contributed by atoms with Crippen molar-refractivity contribution >= 4 is 23.5 Å². The molecule has 2 N–H and O–H groups in total. The van der Waals surface area contributed by atoms with E-state index in [2.05, 4.69) is 14.7 Å². The lowest BCUT2D eigenvalue weighted by molar-refractivity contribution is -0.139. The molecular weight excluding hydrogens is 428 g/mol. The summed E-state index contributed by atoms with van der Waals surface area (Å²) < 4.78 is 34.6. The highest BCUT2D eigenvalue weighted by Gasteiger charge is 2.20. The maximum atomic E-state index is 15.0. The summed E-state index contributed by atoms with van der Waals surface area (Å²) in [6.07, 6.45) is -0.0199. The molecule has 1 amide bonds. The lowest BCUT2D eigenvalue weighted by Gasteiger charge is -2.13. The van der Waals surface area contributed by atoms with Crippen LogP contribution in [0.4, 0.5) is 8.78 Å². The maximum absolute atomic E-state index is 15.0. The Bertz CT molecular complexity index is 1190. The molecule has 3 rings (SSSR count). The highest BCUT2D eigenvalue weighted by Crippen LogP contribution is 2.35. The van der Waals surface area contributed by atoms with Crippen molar-refractivity contribution in [2.24, 2.45) is 5.73 Å². The van der Waals surface area contributed by atoms with Crippen molar-refractivity contribution < 1.29 is 23.1 Å². The molecule has 1 heterocycles. The van der Waals surface area contributed by atoms with E-state index in [1.807, 2.05) is 0 Å². The monoisotopic (exact) mass is 445 g/mol. The van der Waals surface area contributed by atoms with Crippen LogP contribution < -0.4 is 5.73 Å². The van der Waals surface area contributed by atoms with E-state index in [0.29, 0.717) is 17.0 Å². The molecule has 6 nitrogen and oxygen atoms in total. The molecule has 0 bridgehead atoms. The van der Waals surface area contributed by atoms with Crippen LogP contribution in [0.2, 0.25) is 5.02 Å². The van der Waals surface area contributed by atoms with Crippen molar-refractivity contribution in [1.82, 2.24) is 9.97 Å². The molecule has 0 aliphatic rings. The molecule has 160 valence electrons. The molecule has 0 aliphatic carbocycles. The molecule has 0 unspecified atom stereocenters. The van der Waals surface area contributed by atoms with Gasteiger partial charge >= 0.3 is 5.97 Å². The number of nitrogens with zero attached hydrogens (tertiary/aromatic N) is 2. The average Bonchev–Trinajstić information content (AvgIpc) is 2.68. The third-order valence-electron chi connectivity index (χ3n) is 4.67. The van der Waals surface area contributed by atoms with E-state index in [1.165, 1.54) is 19.2 Å². The zero-order valence-electron chi connectivity index (χ0n) is 16.9. The number of nitrogens with two attached hydrogens (primary N) is 1. The first kappa shape index (κ1) is 22.3. The maximum Gasteiger partial charge on any atom is 0.309 e. The van der Waals surface area contributed by atoms with Crippen molar-refractivity contribution in [2.45, 2.75) is 20.3 Å². The number of esters is 1. The quantitative estimate of drug-likeness (QED) is 0.594. The summed E-state index contributed by atoms with van der Waals surface area (Å²) in [5.74, 6) is -3.00. The van der Waals surface area contributed by atoms with Crippen molar-refractivity contribution in [3.05, 3.63) is 69.6 Å². The fraction of sp³-hybridized carbons (Fsp3) is 0.182. The SMILES string of the molecule is COC(=O)Cc1ccc(-c2c(F)cc(-c3nc(C(N)=O)c(C)nc3C)cc2F)c(Cl)c1. The van der Waals surface area contributed by atoms with Gasteiger partial charge < -0.3 is 10.5 Å². The summed E-state index contributed by atoms with van der Waals surface area (Å²) in [6, 6.07) is 6.61. The summed E-state index contributed by atoms with van der Waals surface area (Å²) in [6.45, 7) is 3.18. The molecule has 0 saturated carbocycles. The van der Waals surface area contributed by atoms with Gasteiger partial charge in [0.2, 0.25) is 0 Å². The lowest BCUT2D eigenvalue weighted by atomic mass is 9.98. The van der Waals surface area contributed by atoms with Gasteiger partial charge in [-0.3, -0.25) is 14.6 Å². The minimum absolute atomic E-state index is 0.0199. The minimum atomic E-state index is -0.875. The van der Waals surface area contributed by atoms with Gasteiger partial charge in [0.1, 0.15) is 17.3 Å². The van der Waals surface area contributed by atoms with E-state index in [0.717, 1.165) is 12.1 Å². The van der Waals surface area contributed by atoms with Crippen LogP contribution in [0.5, 0.6) is 0 Å². The summed E-state index contributed by atoms with van der Waals surface area (Å²) in [5.41, 5.74) is 6.53. The molecule has 0 aliphatic heterocycles. The van der Waals surface area contributed by atoms with E-state index in [4.69, 9.17) is 17.3 Å². The van der Waals surface area contributed by atoms with Crippen molar-refractivity contribution in [3.63, 3.8) is 0 Å². The number of halogens is 3. The Balaban J connectivity index is 2.07. The number of rotatable bonds is 5. The second kappa shape index (κ2) is 8.77. The first-order valence-electron chi connectivity index (χ1n) is 9.12. The Morgan fingerprint density at radius 1 is 1.06 bits per heavy atom. The smallest absolute Gasteiger partial charge is 0.309 e. The summed E-state index contributed by atoms with van der Waals surface area (Å²) >= 11 is 6.23. The molecule has 0 radical (unpaired) electrons. The molecule has 1 aromatic heterocycles. The fourth-order valence-corrected chi connectivity index (χ4v) is 3.51. The van der Waals surface area contributed by atoms with Gasteiger partial charge in [-0.25, -0.2) is 13.8 Å². The summed E-state index contributed by atoms with van der Waals surface area (Å²) in [7, 11) is 1.26. The molecule has 0 atom stereocenters. The first-order valence-corrected chi connectivity index (χ1v) is 9.50. The Morgan fingerprint density at radius 3 is 2.26 bits per heavy atom. The van der Waals surface area contributed by atoms with Gasteiger partial charge in [-0.1, -0.05) is 23.7 Å². The minimum Gasteiger partial charge on any atom is -0.469 e. The van der Waals surface area contributed by atoms with Gasteiger partial charge in [-0.2, -0.15) is 0 Å². The van der Waals surface area contributed by atoms with Crippen LogP contribution in [0.25, 0.3) is 22.4 Å². The number of carbonyl (C=O) groups is 2. The van der Waals surface area contributed by atoms with Gasteiger partial charge in [0.15, 0.2) is 0 Å². The van der Waals surface area contributed by atoms with Gasteiger partial charge in [0.25, 0.3) is 5.91 Å². The topological polar surface area (TPSA) is 95.2 Å². The standard InChI is InChI=1S/C22H18ClF2N3O3/c1-10-20(28-21(22(26)30)11(2)27-10)13-8-16(24)19(17(25)9-13)14-5-4-12(6-15(14)23)7-18(29)31-3/h4-6,8-9H,7H2,1-3H3,(H2,26,30). The summed E-state index contributed by atoms with van der Waals surface area (Å²) in [4.78, 5) is 31.3. The number of aromatic nitrogens is 2. The fourth-order valence-electron chi connectivity index (χ4n) is 3.22. The molecule has 2 aromatic carbocycles. The Morgan fingerprint density at radius 2 is 1.71 bits per heavy atom. The Kier molecular flexibility index (Phi) is 6.31. The molecule has 0 saturated heterocycles. The highest BCUT2D eigenvalue weighted by molar-refractivity contribution is 6.33. The first-order chi connectivity index (χ1) is 14.6. The number of hydrogen-bond donors (Lipinski definition) is 1. The lowest BCUT2D eigenvalue weighted by Crippen LogP contribution is -2.17. The largest absolute Gasteiger partial charge is 0.469 e. The highest BCUT2D eigenvalue weighted by atomic mass is 35.5. The number of ether oxygens (including phenoxy) is 1. The Hall–Kier alpha value is -3.39. The number of amides is 1. The van der Waals surface area contributed by atoms with Crippen LogP contribution in [-0.4, -0.2) is 29.0 Å². The molecule has 31 heavy (non-hydrogen) atoms. The molecular formula is C22H18ClF2N3O3. The van der Waals surface area contributed by atoms with Gasteiger partial charge in [0.05, 0.1) is 36.2 Å². The number of benzene rings is 2.